The van der Waals surface area contributed by atoms with E-state index in [9.17, 15) is 0 Å². The molecule has 0 saturated heterocycles. The van der Waals surface area contributed by atoms with Gasteiger partial charge in [0, 0.05) is 19.3 Å². The lowest BCUT2D eigenvalue weighted by molar-refractivity contribution is 0.100. The van der Waals surface area contributed by atoms with E-state index in [4.69, 9.17) is 9.47 Å². The Kier molecular flexibility index (Phi) is 7.55. The molecule has 0 aliphatic carbocycles. The molecule has 114 valence electrons. The molecular weight excluding hydrogens is 252 g/mol. The van der Waals surface area contributed by atoms with Gasteiger partial charge in [-0.05, 0) is 51.8 Å². The molecule has 2 atom stereocenters. The normalized spacial score (nSPS) is 14.3. The fourth-order valence-corrected chi connectivity index (χ4v) is 2.05. The number of aromatic nitrogens is 1. The van der Waals surface area contributed by atoms with E-state index in [2.05, 4.69) is 30.2 Å². The third-order valence-corrected chi connectivity index (χ3v) is 3.12. The molecule has 0 aromatic carbocycles. The molecule has 1 aromatic heterocycles. The molecule has 0 amide bonds. The Hall–Kier alpha value is -1.13. The van der Waals surface area contributed by atoms with Crippen LogP contribution in [0.2, 0.25) is 0 Å². The molecule has 1 heterocycles. The molecule has 0 fully saturated rings. The van der Waals surface area contributed by atoms with E-state index in [0.29, 0.717) is 0 Å². The smallest absolute Gasteiger partial charge is 0.138 e. The predicted octanol–water partition coefficient (Wildman–Crippen LogP) is 3.33. The first-order chi connectivity index (χ1) is 9.56. The van der Waals surface area contributed by atoms with Gasteiger partial charge >= 0.3 is 0 Å². The maximum absolute atomic E-state index is 5.72. The average molecular weight is 280 g/mol. The molecule has 0 spiro atoms. The summed E-state index contributed by atoms with van der Waals surface area (Å²) in [5.41, 5.74) is 1.15. The highest BCUT2D eigenvalue weighted by atomic mass is 16.5. The van der Waals surface area contributed by atoms with Gasteiger partial charge in [0.15, 0.2) is 0 Å². The van der Waals surface area contributed by atoms with Crippen LogP contribution in [0.25, 0.3) is 0 Å². The molecule has 0 aliphatic heterocycles. The third-order valence-electron chi connectivity index (χ3n) is 3.12. The van der Waals surface area contributed by atoms with Gasteiger partial charge in [0.2, 0.25) is 0 Å². The second-order valence-corrected chi connectivity index (χ2v) is 5.41. The lowest BCUT2D eigenvalue weighted by Gasteiger charge is -2.22. The van der Waals surface area contributed by atoms with Crippen LogP contribution < -0.4 is 10.1 Å². The number of nitrogens with zero attached hydrogens (tertiary/aromatic N) is 1. The van der Waals surface area contributed by atoms with Crippen molar-refractivity contribution in [3.8, 4) is 5.75 Å². The average Bonchev–Trinajstić information content (AvgIpc) is 2.42. The molecule has 20 heavy (non-hydrogen) atoms. The van der Waals surface area contributed by atoms with Crippen LogP contribution in [0.3, 0.4) is 0 Å². The zero-order chi connectivity index (χ0) is 15.0. The number of ether oxygens (including phenoxy) is 2. The van der Waals surface area contributed by atoms with E-state index < -0.39 is 0 Å². The Morgan fingerprint density at radius 2 is 2.00 bits per heavy atom. The minimum absolute atomic E-state index is 0.159. The molecule has 1 N–H and O–H groups in total. The minimum atomic E-state index is 0.159. The predicted molar refractivity (Wildman–Crippen MR) is 82.1 cm³/mol. The highest BCUT2D eigenvalue weighted by molar-refractivity contribution is 5.26. The van der Waals surface area contributed by atoms with Crippen molar-refractivity contribution in [1.82, 2.24) is 10.3 Å². The van der Waals surface area contributed by atoms with Crippen LogP contribution in [0.1, 0.15) is 52.1 Å². The van der Waals surface area contributed by atoms with Crippen molar-refractivity contribution in [2.75, 3.05) is 13.7 Å². The van der Waals surface area contributed by atoms with E-state index in [1.807, 2.05) is 20.0 Å². The van der Waals surface area contributed by atoms with Gasteiger partial charge in [0.1, 0.15) is 5.75 Å². The van der Waals surface area contributed by atoms with Crippen molar-refractivity contribution < 1.29 is 9.47 Å². The second-order valence-electron chi connectivity index (χ2n) is 5.41. The summed E-state index contributed by atoms with van der Waals surface area (Å²) in [5, 5.41) is 3.56. The maximum Gasteiger partial charge on any atom is 0.138 e. The van der Waals surface area contributed by atoms with Crippen LogP contribution in [0, 0.1) is 0 Å². The number of hydrogen-bond acceptors (Lipinski definition) is 4. The lowest BCUT2D eigenvalue weighted by atomic mass is 10.0. The van der Waals surface area contributed by atoms with Gasteiger partial charge in [0.05, 0.1) is 18.4 Å². The first kappa shape index (κ1) is 16.9. The molecule has 1 rings (SSSR count). The van der Waals surface area contributed by atoms with Crippen molar-refractivity contribution >= 4 is 0 Å². The van der Waals surface area contributed by atoms with Crippen LogP contribution in [0.4, 0.5) is 0 Å². The molecule has 0 saturated carbocycles. The minimum Gasteiger partial charge on any atom is -0.489 e. The van der Waals surface area contributed by atoms with Crippen molar-refractivity contribution in [1.29, 1.82) is 0 Å². The van der Waals surface area contributed by atoms with Crippen molar-refractivity contribution in [2.45, 2.75) is 58.8 Å². The molecule has 4 nitrogen and oxygen atoms in total. The summed E-state index contributed by atoms with van der Waals surface area (Å²) < 4.78 is 11.1. The van der Waals surface area contributed by atoms with Crippen LogP contribution >= 0.6 is 0 Å². The Morgan fingerprint density at radius 1 is 1.25 bits per heavy atom. The van der Waals surface area contributed by atoms with Crippen LogP contribution in [0.15, 0.2) is 18.5 Å². The van der Waals surface area contributed by atoms with Gasteiger partial charge in [-0.15, -0.1) is 0 Å². The highest BCUT2D eigenvalue weighted by Crippen LogP contribution is 2.23. The van der Waals surface area contributed by atoms with Crippen LogP contribution in [-0.4, -0.2) is 30.8 Å². The van der Waals surface area contributed by atoms with Gasteiger partial charge < -0.3 is 14.8 Å². The monoisotopic (exact) mass is 280 g/mol. The van der Waals surface area contributed by atoms with E-state index in [0.717, 1.165) is 30.7 Å². The molecule has 4 heteroatoms. The number of rotatable bonds is 9. The fourth-order valence-electron chi connectivity index (χ4n) is 2.05. The van der Waals surface area contributed by atoms with E-state index in [1.54, 1.807) is 13.3 Å². The van der Waals surface area contributed by atoms with Crippen LogP contribution in [0.5, 0.6) is 5.75 Å². The van der Waals surface area contributed by atoms with E-state index >= 15 is 0 Å². The Labute approximate surface area is 122 Å². The first-order valence-corrected chi connectivity index (χ1v) is 7.44. The van der Waals surface area contributed by atoms with Gasteiger partial charge in [-0.3, -0.25) is 4.98 Å². The van der Waals surface area contributed by atoms with E-state index in [1.165, 1.54) is 0 Å². The van der Waals surface area contributed by atoms with Crippen molar-refractivity contribution in [3.05, 3.63) is 24.0 Å². The number of pyridine rings is 1. The van der Waals surface area contributed by atoms with Crippen LogP contribution in [-0.2, 0) is 4.74 Å². The lowest BCUT2D eigenvalue weighted by Crippen LogP contribution is -2.26. The van der Waals surface area contributed by atoms with Gasteiger partial charge in [0.25, 0.3) is 0 Å². The molecule has 1 aromatic rings. The largest absolute Gasteiger partial charge is 0.489 e. The molecule has 2 unspecified atom stereocenters. The van der Waals surface area contributed by atoms with E-state index in [-0.39, 0.29) is 18.2 Å². The summed E-state index contributed by atoms with van der Waals surface area (Å²) in [4.78, 5) is 4.29. The van der Waals surface area contributed by atoms with Crippen molar-refractivity contribution in [2.24, 2.45) is 0 Å². The summed E-state index contributed by atoms with van der Waals surface area (Å²) in [6.07, 6.45) is 6.06. The summed E-state index contributed by atoms with van der Waals surface area (Å²) in [6, 6.07) is 2.32. The summed E-state index contributed by atoms with van der Waals surface area (Å²) in [7, 11) is 1.75. The zero-order valence-electron chi connectivity index (χ0n) is 13.3. The quantitative estimate of drug-likeness (QED) is 0.753. The Balaban J connectivity index is 2.82. The topological polar surface area (TPSA) is 43.4 Å². The van der Waals surface area contributed by atoms with Crippen molar-refractivity contribution in [3.63, 3.8) is 0 Å². The van der Waals surface area contributed by atoms with Gasteiger partial charge in [-0.2, -0.15) is 0 Å². The Bertz CT molecular complexity index is 382. The molecule has 0 bridgehead atoms. The maximum atomic E-state index is 5.72. The highest BCUT2D eigenvalue weighted by Gasteiger charge is 2.15. The first-order valence-electron chi connectivity index (χ1n) is 7.44. The zero-order valence-corrected chi connectivity index (χ0v) is 13.3. The third kappa shape index (κ3) is 5.88. The summed E-state index contributed by atoms with van der Waals surface area (Å²) in [5.74, 6) is 0.825. The second kappa shape index (κ2) is 8.93. The fraction of sp³-hybridized carbons (Fsp3) is 0.688. The number of methoxy groups -OCH3 is 1. The molecular formula is C16H28N2O2. The number of nitrogens with one attached hydrogen (secondary N) is 1. The van der Waals surface area contributed by atoms with Gasteiger partial charge in [-0.25, -0.2) is 0 Å². The SMILES string of the molecule is CCCNC(CC(C)OC)c1cncc(OC(C)C)c1. The summed E-state index contributed by atoms with van der Waals surface area (Å²) in [6.45, 7) is 9.28. The Morgan fingerprint density at radius 3 is 2.60 bits per heavy atom. The summed E-state index contributed by atoms with van der Waals surface area (Å²) >= 11 is 0. The molecule has 0 aliphatic rings. The van der Waals surface area contributed by atoms with Gasteiger partial charge in [-0.1, -0.05) is 6.92 Å². The standard InChI is InChI=1S/C16H28N2O2/c1-6-7-18-16(8-13(4)19-5)14-9-15(11-17-10-14)20-12(2)3/h9-13,16,18H,6-8H2,1-5H3. The molecule has 0 radical (unpaired) electrons. The number of hydrogen-bond donors (Lipinski definition) is 1.